The molecule has 0 radical (unpaired) electrons. The summed E-state index contributed by atoms with van der Waals surface area (Å²) in [5.41, 5.74) is 2.47. The van der Waals surface area contributed by atoms with Gasteiger partial charge in [0.25, 0.3) is 0 Å². The van der Waals surface area contributed by atoms with Gasteiger partial charge in [-0.25, -0.2) is 0 Å². The van der Waals surface area contributed by atoms with Gasteiger partial charge in [0, 0.05) is 24.7 Å². The summed E-state index contributed by atoms with van der Waals surface area (Å²) in [7, 11) is 0. The van der Waals surface area contributed by atoms with Crippen molar-refractivity contribution in [3.63, 3.8) is 0 Å². The maximum Gasteiger partial charge on any atom is 0.0474 e. The molecule has 0 bridgehead atoms. The predicted molar refractivity (Wildman–Crippen MR) is 68.7 cm³/mol. The molecule has 0 aromatic heterocycles. The molecule has 0 unspecified atom stereocenters. The van der Waals surface area contributed by atoms with Crippen LogP contribution < -0.4 is 4.90 Å². The quantitative estimate of drug-likeness (QED) is 0.687. The van der Waals surface area contributed by atoms with E-state index in [0.717, 1.165) is 13.1 Å². The summed E-state index contributed by atoms with van der Waals surface area (Å²) in [6, 6.07) is 8.52. The largest absolute Gasteiger partial charge is 0.372 e. The van der Waals surface area contributed by atoms with E-state index >= 15 is 0 Å². The lowest BCUT2D eigenvalue weighted by atomic mass is 10.1. The maximum atomic E-state index is 5.76. The van der Waals surface area contributed by atoms with E-state index in [1.54, 1.807) is 0 Å². The Morgan fingerprint density at radius 2 is 1.80 bits per heavy atom. The average Bonchev–Trinajstić information content (AvgIpc) is 2.26. The highest BCUT2D eigenvalue weighted by Gasteiger charge is 2.05. The number of nitrogens with zero attached hydrogens (tertiary/aromatic N) is 1. The minimum absolute atomic E-state index is 0.594. The molecule has 0 amide bonds. The van der Waals surface area contributed by atoms with E-state index in [1.807, 2.05) is 0 Å². The zero-order chi connectivity index (χ0) is 11.3. The van der Waals surface area contributed by atoms with Crippen molar-refractivity contribution in [3.8, 4) is 0 Å². The standard InChI is InChI=1S/C13H20ClN/c1-4-15(10-11(2)3)13-7-5-12(9-14)6-8-13/h5-8,11H,4,9-10H2,1-3H3. The fraction of sp³-hybridized carbons (Fsp3) is 0.538. The van der Waals surface area contributed by atoms with Crippen molar-refractivity contribution < 1.29 is 0 Å². The number of halogens is 1. The van der Waals surface area contributed by atoms with Gasteiger partial charge in [0.05, 0.1) is 0 Å². The van der Waals surface area contributed by atoms with Crippen LogP contribution in [0.5, 0.6) is 0 Å². The Morgan fingerprint density at radius 3 is 2.20 bits per heavy atom. The van der Waals surface area contributed by atoms with Gasteiger partial charge in [0.2, 0.25) is 0 Å². The van der Waals surface area contributed by atoms with E-state index < -0.39 is 0 Å². The molecule has 0 fully saturated rings. The Labute approximate surface area is 98.0 Å². The molecular formula is C13H20ClN. The summed E-state index contributed by atoms with van der Waals surface area (Å²) in [5, 5.41) is 0. The lowest BCUT2D eigenvalue weighted by molar-refractivity contribution is 0.619. The molecule has 1 aromatic carbocycles. The summed E-state index contributed by atoms with van der Waals surface area (Å²) in [6.45, 7) is 8.85. The predicted octanol–water partition coefficient (Wildman–Crippen LogP) is 3.91. The van der Waals surface area contributed by atoms with E-state index in [0.29, 0.717) is 11.8 Å². The van der Waals surface area contributed by atoms with Gasteiger partial charge in [-0.1, -0.05) is 26.0 Å². The maximum absolute atomic E-state index is 5.76. The zero-order valence-corrected chi connectivity index (χ0v) is 10.6. The molecule has 1 rings (SSSR count). The number of alkyl halides is 1. The molecule has 0 spiro atoms. The Kier molecular flexibility index (Phi) is 4.97. The number of anilines is 1. The van der Waals surface area contributed by atoms with Crippen molar-refractivity contribution in [1.82, 2.24) is 0 Å². The minimum atomic E-state index is 0.594. The third kappa shape index (κ3) is 3.75. The number of hydrogen-bond donors (Lipinski definition) is 0. The molecule has 1 nitrogen and oxygen atoms in total. The average molecular weight is 226 g/mol. The molecule has 0 aliphatic carbocycles. The van der Waals surface area contributed by atoms with Gasteiger partial charge in [-0.2, -0.15) is 0 Å². The minimum Gasteiger partial charge on any atom is -0.372 e. The van der Waals surface area contributed by atoms with Crippen LogP contribution in [0.2, 0.25) is 0 Å². The third-order valence-electron chi connectivity index (χ3n) is 2.42. The zero-order valence-electron chi connectivity index (χ0n) is 9.83. The summed E-state index contributed by atoms with van der Waals surface area (Å²) in [5.74, 6) is 1.29. The summed E-state index contributed by atoms with van der Waals surface area (Å²) < 4.78 is 0. The van der Waals surface area contributed by atoms with Crippen molar-refractivity contribution >= 4 is 17.3 Å². The molecule has 0 N–H and O–H groups in total. The molecule has 0 saturated heterocycles. The van der Waals surface area contributed by atoms with Crippen LogP contribution in [0.25, 0.3) is 0 Å². The van der Waals surface area contributed by atoms with Gasteiger partial charge in [-0.3, -0.25) is 0 Å². The molecule has 84 valence electrons. The first-order chi connectivity index (χ1) is 7.17. The normalized spacial score (nSPS) is 10.7. The molecule has 1 aromatic rings. The van der Waals surface area contributed by atoms with Crippen LogP contribution in [-0.4, -0.2) is 13.1 Å². The van der Waals surface area contributed by atoms with Crippen molar-refractivity contribution in [2.24, 2.45) is 5.92 Å². The van der Waals surface area contributed by atoms with E-state index in [2.05, 4.69) is 49.9 Å². The Balaban J connectivity index is 2.74. The second-order valence-electron chi connectivity index (χ2n) is 4.23. The van der Waals surface area contributed by atoms with Crippen LogP contribution >= 0.6 is 11.6 Å². The van der Waals surface area contributed by atoms with Crippen molar-refractivity contribution in [1.29, 1.82) is 0 Å². The molecule has 15 heavy (non-hydrogen) atoms. The van der Waals surface area contributed by atoms with Crippen molar-refractivity contribution in [2.75, 3.05) is 18.0 Å². The first-order valence-electron chi connectivity index (χ1n) is 5.57. The van der Waals surface area contributed by atoms with Gasteiger partial charge in [-0.05, 0) is 30.5 Å². The van der Waals surface area contributed by atoms with E-state index in [1.165, 1.54) is 11.3 Å². The molecule has 0 aliphatic heterocycles. The summed E-state index contributed by atoms with van der Waals surface area (Å²) in [6.07, 6.45) is 0. The van der Waals surface area contributed by atoms with Crippen LogP contribution in [0.1, 0.15) is 26.3 Å². The topological polar surface area (TPSA) is 3.24 Å². The highest BCUT2D eigenvalue weighted by molar-refractivity contribution is 6.17. The van der Waals surface area contributed by atoms with Gasteiger partial charge >= 0.3 is 0 Å². The highest BCUT2D eigenvalue weighted by Crippen LogP contribution is 2.17. The number of benzene rings is 1. The number of rotatable bonds is 5. The Hall–Kier alpha value is -0.690. The molecular weight excluding hydrogens is 206 g/mol. The van der Waals surface area contributed by atoms with Gasteiger partial charge in [-0.15, -0.1) is 11.6 Å². The van der Waals surface area contributed by atoms with Crippen LogP contribution in [0.4, 0.5) is 5.69 Å². The van der Waals surface area contributed by atoms with Crippen LogP contribution in [0.15, 0.2) is 24.3 Å². The van der Waals surface area contributed by atoms with E-state index in [-0.39, 0.29) is 0 Å². The third-order valence-corrected chi connectivity index (χ3v) is 2.73. The first-order valence-corrected chi connectivity index (χ1v) is 6.10. The van der Waals surface area contributed by atoms with Crippen molar-refractivity contribution in [2.45, 2.75) is 26.7 Å². The Morgan fingerprint density at radius 1 is 1.20 bits per heavy atom. The SMILES string of the molecule is CCN(CC(C)C)c1ccc(CCl)cc1. The van der Waals surface area contributed by atoms with E-state index in [4.69, 9.17) is 11.6 Å². The molecule has 2 heteroatoms. The smallest absolute Gasteiger partial charge is 0.0474 e. The first kappa shape index (κ1) is 12.4. The molecule has 0 atom stereocenters. The highest BCUT2D eigenvalue weighted by atomic mass is 35.5. The fourth-order valence-corrected chi connectivity index (χ4v) is 1.83. The molecule has 0 aliphatic rings. The van der Waals surface area contributed by atoms with Crippen LogP contribution in [-0.2, 0) is 5.88 Å². The molecule has 0 saturated carbocycles. The van der Waals surface area contributed by atoms with Gasteiger partial charge in [0.15, 0.2) is 0 Å². The number of hydrogen-bond acceptors (Lipinski definition) is 1. The summed E-state index contributed by atoms with van der Waals surface area (Å²) in [4.78, 5) is 2.39. The lowest BCUT2D eigenvalue weighted by Crippen LogP contribution is -2.27. The second-order valence-corrected chi connectivity index (χ2v) is 4.50. The van der Waals surface area contributed by atoms with Gasteiger partial charge in [0.1, 0.15) is 0 Å². The van der Waals surface area contributed by atoms with Gasteiger partial charge < -0.3 is 4.90 Å². The van der Waals surface area contributed by atoms with Crippen LogP contribution in [0.3, 0.4) is 0 Å². The van der Waals surface area contributed by atoms with Crippen LogP contribution in [0, 0.1) is 5.92 Å². The lowest BCUT2D eigenvalue weighted by Gasteiger charge is -2.25. The fourth-order valence-electron chi connectivity index (χ4n) is 1.65. The Bertz CT molecular complexity index is 279. The monoisotopic (exact) mass is 225 g/mol. The van der Waals surface area contributed by atoms with E-state index in [9.17, 15) is 0 Å². The summed E-state index contributed by atoms with van der Waals surface area (Å²) >= 11 is 5.76. The second kappa shape index (κ2) is 6.02. The molecule has 0 heterocycles. The van der Waals surface area contributed by atoms with Crippen molar-refractivity contribution in [3.05, 3.63) is 29.8 Å².